The number of amides is 2. The fraction of sp³-hybridized carbons (Fsp3) is 0.462. The lowest BCUT2D eigenvalue weighted by atomic mass is 10.1. The molecule has 0 aliphatic rings. The molecule has 1 atom stereocenters. The van der Waals surface area contributed by atoms with Gasteiger partial charge in [-0.2, -0.15) is 0 Å². The lowest BCUT2D eigenvalue weighted by molar-refractivity contribution is -0.142. The summed E-state index contributed by atoms with van der Waals surface area (Å²) in [4.78, 5) is 27.9. The van der Waals surface area contributed by atoms with Gasteiger partial charge in [0.1, 0.15) is 11.8 Å². The third-order valence-electron chi connectivity index (χ3n) is 5.06. The molecule has 0 aliphatic heterocycles. The van der Waals surface area contributed by atoms with Crippen LogP contribution in [0.4, 0.5) is 0 Å². The summed E-state index contributed by atoms with van der Waals surface area (Å²) < 4.78 is 5.86. The van der Waals surface area contributed by atoms with Gasteiger partial charge in [-0.05, 0) is 70.2 Å². The average molecular weight is 425 g/mol. The van der Waals surface area contributed by atoms with Crippen LogP contribution < -0.4 is 10.1 Å². The van der Waals surface area contributed by atoms with E-state index < -0.39 is 6.04 Å². The van der Waals surface area contributed by atoms with Crippen LogP contribution in [0.15, 0.2) is 48.5 Å². The van der Waals surface area contributed by atoms with Crippen LogP contribution in [0.5, 0.6) is 5.75 Å². The molecule has 168 valence electrons. The van der Waals surface area contributed by atoms with Crippen LogP contribution in [0.3, 0.4) is 0 Å². The number of rotatable bonds is 9. The van der Waals surface area contributed by atoms with Crippen molar-refractivity contribution in [2.75, 3.05) is 13.2 Å². The van der Waals surface area contributed by atoms with E-state index >= 15 is 0 Å². The van der Waals surface area contributed by atoms with E-state index in [9.17, 15) is 9.59 Å². The predicted octanol–water partition coefficient (Wildman–Crippen LogP) is 4.45. The zero-order chi connectivity index (χ0) is 23.0. The number of hydrogen-bond donors (Lipinski definition) is 1. The number of nitrogens with one attached hydrogen (secondary N) is 1. The zero-order valence-electron chi connectivity index (χ0n) is 19.7. The molecule has 2 rings (SSSR count). The van der Waals surface area contributed by atoms with Crippen molar-refractivity contribution in [2.24, 2.45) is 0 Å². The monoisotopic (exact) mass is 424 g/mol. The second-order valence-corrected chi connectivity index (χ2v) is 9.04. The standard InChI is InChI=1S/C26H36N2O3/c1-7-22(25(30)27-26(4,5)6)28(16-15-21-11-9-8-10-12-21)24(29)18-31-23-17-19(2)13-14-20(23)3/h8-14,17,22H,7,15-16,18H2,1-6H3,(H,27,30). The van der Waals surface area contributed by atoms with E-state index in [-0.39, 0.29) is 24.0 Å². The topological polar surface area (TPSA) is 58.6 Å². The van der Waals surface area contributed by atoms with Crippen LogP contribution in [0, 0.1) is 13.8 Å². The van der Waals surface area contributed by atoms with Crippen molar-refractivity contribution in [3.63, 3.8) is 0 Å². The smallest absolute Gasteiger partial charge is 0.261 e. The van der Waals surface area contributed by atoms with Gasteiger partial charge >= 0.3 is 0 Å². The van der Waals surface area contributed by atoms with Crippen molar-refractivity contribution < 1.29 is 14.3 Å². The Hall–Kier alpha value is -2.82. The van der Waals surface area contributed by atoms with E-state index in [1.54, 1.807) is 4.90 Å². The summed E-state index contributed by atoms with van der Waals surface area (Å²) >= 11 is 0. The Kier molecular flexibility index (Phi) is 8.66. The first-order chi connectivity index (χ1) is 14.6. The van der Waals surface area contributed by atoms with Crippen molar-refractivity contribution in [1.82, 2.24) is 10.2 Å². The van der Waals surface area contributed by atoms with Crippen LogP contribution in [0.2, 0.25) is 0 Å². The van der Waals surface area contributed by atoms with Crippen LogP contribution in [0.1, 0.15) is 50.8 Å². The Labute approximate surface area is 186 Å². The summed E-state index contributed by atoms with van der Waals surface area (Å²) in [5.41, 5.74) is 2.81. The minimum Gasteiger partial charge on any atom is -0.483 e. The molecule has 1 unspecified atom stereocenters. The highest BCUT2D eigenvalue weighted by Crippen LogP contribution is 2.19. The quantitative estimate of drug-likeness (QED) is 0.647. The van der Waals surface area contributed by atoms with Crippen molar-refractivity contribution in [2.45, 2.75) is 66.0 Å². The normalized spacial score (nSPS) is 12.2. The molecule has 0 spiro atoms. The number of nitrogens with zero attached hydrogens (tertiary/aromatic N) is 1. The van der Waals surface area contributed by atoms with Gasteiger partial charge in [0.05, 0.1) is 0 Å². The summed E-state index contributed by atoms with van der Waals surface area (Å²) in [6.45, 7) is 12.1. The number of aryl methyl sites for hydroxylation is 2. The summed E-state index contributed by atoms with van der Waals surface area (Å²) in [5, 5.41) is 3.02. The minimum absolute atomic E-state index is 0.0988. The molecule has 31 heavy (non-hydrogen) atoms. The minimum atomic E-state index is -0.544. The van der Waals surface area contributed by atoms with E-state index in [4.69, 9.17) is 4.74 Å². The van der Waals surface area contributed by atoms with Gasteiger partial charge in [-0.1, -0.05) is 49.4 Å². The maximum atomic E-state index is 13.2. The van der Waals surface area contributed by atoms with Gasteiger partial charge in [-0.15, -0.1) is 0 Å². The third kappa shape index (κ3) is 7.74. The molecule has 0 radical (unpaired) electrons. The van der Waals surface area contributed by atoms with E-state index in [1.807, 2.05) is 90.1 Å². The maximum absolute atomic E-state index is 13.2. The fourth-order valence-electron chi connectivity index (χ4n) is 3.43. The molecular weight excluding hydrogens is 388 g/mol. The van der Waals surface area contributed by atoms with Crippen LogP contribution in [0.25, 0.3) is 0 Å². The van der Waals surface area contributed by atoms with Gasteiger partial charge in [0.2, 0.25) is 5.91 Å². The molecule has 0 fully saturated rings. The number of hydrogen-bond acceptors (Lipinski definition) is 3. The summed E-state index contributed by atoms with van der Waals surface area (Å²) in [6.07, 6.45) is 1.21. The molecule has 0 saturated carbocycles. The Morgan fingerprint density at radius 1 is 1.06 bits per heavy atom. The fourth-order valence-corrected chi connectivity index (χ4v) is 3.43. The van der Waals surface area contributed by atoms with E-state index in [0.29, 0.717) is 25.1 Å². The van der Waals surface area contributed by atoms with Crippen molar-refractivity contribution in [1.29, 1.82) is 0 Å². The number of ether oxygens (including phenoxy) is 1. The van der Waals surface area contributed by atoms with Crippen molar-refractivity contribution in [3.05, 3.63) is 65.2 Å². The van der Waals surface area contributed by atoms with E-state index in [2.05, 4.69) is 5.32 Å². The lowest BCUT2D eigenvalue weighted by Gasteiger charge is -2.33. The first-order valence-electron chi connectivity index (χ1n) is 11.0. The predicted molar refractivity (Wildman–Crippen MR) is 125 cm³/mol. The van der Waals surface area contributed by atoms with Gasteiger partial charge in [0.25, 0.3) is 5.91 Å². The number of carbonyl (C=O) groups is 2. The van der Waals surface area contributed by atoms with Crippen molar-refractivity contribution >= 4 is 11.8 Å². The molecule has 5 heteroatoms. The Morgan fingerprint density at radius 2 is 1.74 bits per heavy atom. The second-order valence-electron chi connectivity index (χ2n) is 9.04. The molecule has 2 aromatic carbocycles. The van der Waals surface area contributed by atoms with Crippen molar-refractivity contribution in [3.8, 4) is 5.75 Å². The van der Waals surface area contributed by atoms with Crippen LogP contribution >= 0.6 is 0 Å². The molecular formula is C26H36N2O3. The van der Waals surface area contributed by atoms with Gasteiger partial charge in [-0.25, -0.2) is 0 Å². The SMILES string of the molecule is CCC(C(=O)NC(C)(C)C)N(CCc1ccccc1)C(=O)COc1cc(C)ccc1C. The Morgan fingerprint density at radius 3 is 2.35 bits per heavy atom. The van der Waals surface area contributed by atoms with E-state index in [1.165, 1.54) is 0 Å². The second kappa shape index (κ2) is 11.0. The van der Waals surface area contributed by atoms with Crippen LogP contribution in [-0.4, -0.2) is 41.4 Å². The molecule has 2 aromatic rings. The molecule has 0 aromatic heterocycles. The Balaban J connectivity index is 2.18. The Bertz CT molecular complexity index is 872. The van der Waals surface area contributed by atoms with E-state index in [0.717, 1.165) is 16.7 Å². The molecule has 0 heterocycles. The van der Waals surface area contributed by atoms with Gasteiger partial charge < -0.3 is 15.0 Å². The molecule has 0 bridgehead atoms. The largest absolute Gasteiger partial charge is 0.483 e. The third-order valence-corrected chi connectivity index (χ3v) is 5.06. The lowest BCUT2D eigenvalue weighted by Crippen LogP contribution is -2.54. The van der Waals surface area contributed by atoms with Gasteiger partial charge in [0, 0.05) is 12.1 Å². The average Bonchev–Trinajstić information content (AvgIpc) is 2.70. The highest BCUT2D eigenvalue weighted by atomic mass is 16.5. The number of benzene rings is 2. The number of carbonyl (C=O) groups excluding carboxylic acids is 2. The summed E-state index contributed by atoms with van der Waals surface area (Å²) in [7, 11) is 0. The zero-order valence-corrected chi connectivity index (χ0v) is 19.7. The maximum Gasteiger partial charge on any atom is 0.261 e. The molecule has 2 amide bonds. The van der Waals surface area contributed by atoms with Crippen LogP contribution in [-0.2, 0) is 16.0 Å². The molecule has 5 nitrogen and oxygen atoms in total. The highest BCUT2D eigenvalue weighted by molar-refractivity contribution is 5.88. The first-order valence-corrected chi connectivity index (χ1v) is 11.0. The van der Waals surface area contributed by atoms with Gasteiger partial charge in [0.15, 0.2) is 6.61 Å². The molecule has 0 saturated heterocycles. The summed E-state index contributed by atoms with van der Waals surface area (Å²) in [5.74, 6) is 0.374. The molecule has 0 aliphatic carbocycles. The van der Waals surface area contributed by atoms with Gasteiger partial charge in [-0.3, -0.25) is 9.59 Å². The molecule has 1 N–H and O–H groups in total. The first kappa shape index (κ1) is 24.4. The summed E-state index contributed by atoms with van der Waals surface area (Å²) in [6, 6.07) is 15.4. The highest BCUT2D eigenvalue weighted by Gasteiger charge is 2.30.